The maximum Gasteiger partial charge on any atom is 0.0543 e. The Hall–Kier alpha value is -0.570. The summed E-state index contributed by atoms with van der Waals surface area (Å²) >= 11 is 6.01. The van der Waals surface area contributed by atoms with Crippen LogP contribution in [0.2, 0.25) is 5.02 Å². The number of hydrogen-bond acceptors (Lipinski definition) is 2. The maximum absolute atomic E-state index is 6.01. The molecule has 17 heavy (non-hydrogen) atoms. The van der Waals surface area contributed by atoms with Crippen molar-refractivity contribution < 1.29 is 4.74 Å². The van der Waals surface area contributed by atoms with E-state index in [2.05, 4.69) is 25.2 Å². The van der Waals surface area contributed by atoms with Crippen molar-refractivity contribution in [3.63, 3.8) is 0 Å². The normalized spacial score (nSPS) is 13.0. The molecule has 0 aliphatic heterocycles. The van der Waals surface area contributed by atoms with Crippen LogP contribution in [-0.2, 0) is 4.74 Å². The minimum atomic E-state index is 0.359. The predicted molar refractivity (Wildman–Crippen MR) is 73.8 cm³/mol. The largest absolute Gasteiger partial charge is 0.384 e. The van der Waals surface area contributed by atoms with Crippen LogP contribution in [-0.4, -0.2) is 26.8 Å². The molecular formula is C14H22ClNO. The zero-order valence-electron chi connectivity index (χ0n) is 10.9. The number of ether oxygens (including phenoxy) is 1. The quantitative estimate of drug-likeness (QED) is 0.807. The van der Waals surface area contributed by atoms with Crippen molar-refractivity contribution >= 4 is 11.6 Å². The van der Waals surface area contributed by atoms with Gasteiger partial charge in [0.25, 0.3) is 0 Å². The van der Waals surface area contributed by atoms with E-state index < -0.39 is 0 Å². The van der Waals surface area contributed by atoms with Gasteiger partial charge in [0.15, 0.2) is 0 Å². The van der Waals surface area contributed by atoms with Gasteiger partial charge in [0, 0.05) is 24.6 Å². The molecule has 0 radical (unpaired) electrons. The number of halogens is 1. The van der Waals surface area contributed by atoms with Crippen LogP contribution in [0.25, 0.3) is 0 Å². The smallest absolute Gasteiger partial charge is 0.0543 e. The van der Waals surface area contributed by atoms with Gasteiger partial charge in [-0.2, -0.15) is 0 Å². The summed E-state index contributed by atoms with van der Waals surface area (Å²) in [5, 5.41) is 4.25. The van der Waals surface area contributed by atoms with Crippen molar-refractivity contribution in [3.8, 4) is 0 Å². The summed E-state index contributed by atoms with van der Waals surface area (Å²) in [5.74, 6) is 1.02. The summed E-state index contributed by atoms with van der Waals surface area (Å²) in [5.41, 5.74) is 1.23. The molecule has 1 unspecified atom stereocenters. The molecule has 1 rings (SSSR count). The SMILES string of the molecule is COCC(CNCC(C)C)c1cccc(Cl)c1. The molecule has 0 spiro atoms. The van der Waals surface area contributed by atoms with E-state index in [0.29, 0.717) is 18.4 Å². The Labute approximate surface area is 109 Å². The lowest BCUT2D eigenvalue weighted by Gasteiger charge is -2.18. The Morgan fingerprint density at radius 3 is 2.65 bits per heavy atom. The molecule has 0 aromatic heterocycles. The highest BCUT2D eigenvalue weighted by Gasteiger charge is 2.11. The molecule has 0 saturated carbocycles. The molecule has 3 heteroatoms. The Bertz CT molecular complexity index is 328. The second-order valence-corrected chi connectivity index (χ2v) is 5.20. The molecule has 1 atom stereocenters. The van der Waals surface area contributed by atoms with Gasteiger partial charge in [0.2, 0.25) is 0 Å². The van der Waals surface area contributed by atoms with E-state index in [4.69, 9.17) is 16.3 Å². The molecule has 0 amide bonds. The highest BCUT2D eigenvalue weighted by Crippen LogP contribution is 2.19. The third-order valence-corrected chi connectivity index (χ3v) is 2.87. The van der Waals surface area contributed by atoms with Gasteiger partial charge in [-0.15, -0.1) is 0 Å². The molecule has 1 aromatic carbocycles. The highest BCUT2D eigenvalue weighted by molar-refractivity contribution is 6.30. The van der Waals surface area contributed by atoms with Crippen LogP contribution in [0.3, 0.4) is 0 Å². The van der Waals surface area contributed by atoms with Gasteiger partial charge < -0.3 is 10.1 Å². The molecule has 2 nitrogen and oxygen atoms in total. The lowest BCUT2D eigenvalue weighted by molar-refractivity contribution is 0.177. The second kappa shape index (κ2) is 7.70. The van der Waals surface area contributed by atoms with Crippen LogP contribution < -0.4 is 5.32 Å². The van der Waals surface area contributed by atoms with Crippen molar-refractivity contribution in [2.24, 2.45) is 5.92 Å². The molecule has 1 aromatic rings. The lowest BCUT2D eigenvalue weighted by atomic mass is 10.00. The second-order valence-electron chi connectivity index (χ2n) is 4.76. The van der Waals surface area contributed by atoms with Gasteiger partial charge in [-0.1, -0.05) is 37.6 Å². The van der Waals surface area contributed by atoms with E-state index in [1.807, 2.05) is 18.2 Å². The Morgan fingerprint density at radius 1 is 1.29 bits per heavy atom. The standard InChI is InChI=1S/C14H22ClNO/c1-11(2)8-16-9-13(10-17-3)12-5-4-6-14(15)7-12/h4-7,11,13,16H,8-10H2,1-3H3. The van der Waals surface area contributed by atoms with Crippen LogP contribution in [0.5, 0.6) is 0 Å². The summed E-state index contributed by atoms with van der Waals surface area (Å²) in [4.78, 5) is 0. The lowest BCUT2D eigenvalue weighted by Crippen LogP contribution is -2.27. The first-order chi connectivity index (χ1) is 8.13. The first-order valence-electron chi connectivity index (χ1n) is 6.08. The minimum absolute atomic E-state index is 0.359. The molecule has 1 N–H and O–H groups in total. The van der Waals surface area contributed by atoms with Crippen molar-refractivity contribution in [2.75, 3.05) is 26.8 Å². The van der Waals surface area contributed by atoms with Gasteiger partial charge in [0.05, 0.1) is 6.61 Å². The van der Waals surface area contributed by atoms with Crippen molar-refractivity contribution in [1.82, 2.24) is 5.32 Å². The third-order valence-electron chi connectivity index (χ3n) is 2.63. The van der Waals surface area contributed by atoms with E-state index in [0.717, 1.165) is 18.1 Å². The van der Waals surface area contributed by atoms with Gasteiger partial charge in [-0.05, 0) is 30.2 Å². The summed E-state index contributed by atoms with van der Waals surface area (Å²) in [7, 11) is 1.74. The average molecular weight is 256 g/mol. The Balaban J connectivity index is 2.58. The zero-order valence-corrected chi connectivity index (χ0v) is 11.6. The van der Waals surface area contributed by atoms with Crippen LogP contribution in [0.4, 0.5) is 0 Å². The fourth-order valence-corrected chi connectivity index (χ4v) is 1.98. The maximum atomic E-state index is 6.01. The van der Waals surface area contributed by atoms with Gasteiger partial charge in [-0.25, -0.2) is 0 Å². The van der Waals surface area contributed by atoms with Crippen LogP contribution >= 0.6 is 11.6 Å². The van der Waals surface area contributed by atoms with Crippen LogP contribution in [0.15, 0.2) is 24.3 Å². The van der Waals surface area contributed by atoms with Crippen molar-refractivity contribution in [3.05, 3.63) is 34.9 Å². The Kier molecular flexibility index (Phi) is 6.56. The summed E-state index contributed by atoms with van der Waals surface area (Å²) in [6.45, 7) is 7.08. The average Bonchev–Trinajstić information content (AvgIpc) is 2.27. The number of hydrogen-bond donors (Lipinski definition) is 1. The fraction of sp³-hybridized carbons (Fsp3) is 0.571. The van der Waals surface area contributed by atoms with Crippen molar-refractivity contribution in [1.29, 1.82) is 0 Å². The fourth-order valence-electron chi connectivity index (χ4n) is 1.78. The molecule has 0 heterocycles. The summed E-state index contributed by atoms with van der Waals surface area (Å²) < 4.78 is 5.27. The number of nitrogens with one attached hydrogen (secondary N) is 1. The molecule has 96 valence electrons. The minimum Gasteiger partial charge on any atom is -0.384 e. The third kappa shape index (κ3) is 5.53. The van der Waals surface area contributed by atoms with E-state index in [-0.39, 0.29) is 0 Å². The van der Waals surface area contributed by atoms with E-state index in [1.54, 1.807) is 7.11 Å². The van der Waals surface area contributed by atoms with E-state index in [1.165, 1.54) is 5.56 Å². The highest BCUT2D eigenvalue weighted by atomic mass is 35.5. The number of rotatable bonds is 7. The monoisotopic (exact) mass is 255 g/mol. The molecule has 0 fully saturated rings. The summed E-state index contributed by atoms with van der Waals surface area (Å²) in [6.07, 6.45) is 0. The number of methoxy groups -OCH3 is 1. The molecule has 0 aliphatic rings. The van der Waals surface area contributed by atoms with E-state index >= 15 is 0 Å². The number of benzene rings is 1. The van der Waals surface area contributed by atoms with Gasteiger partial charge >= 0.3 is 0 Å². The van der Waals surface area contributed by atoms with Gasteiger partial charge in [-0.3, -0.25) is 0 Å². The predicted octanol–water partition coefficient (Wildman–Crippen LogP) is 3.32. The molecule has 0 saturated heterocycles. The Morgan fingerprint density at radius 2 is 2.06 bits per heavy atom. The molecule has 0 bridgehead atoms. The topological polar surface area (TPSA) is 21.3 Å². The zero-order chi connectivity index (χ0) is 12.7. The van der Waals surface area contributed by atoms with Crippen LogP contribution in [0, 0.1) is 5.92 Å². The van der Waals surface area contributed by atoms with E-state index in [9.17, 15) is 0 Å². The van der Waals surface area contributed by atoms with Crippen molar-refractivity contribution in [2.45, 2.75) is 19.8 Å². The summed E-state index contributed by atoms with van der Waals surface area (Å²) in [6, 6.07) is 8.01. The molecular weight excluding hydrogens is 234 g/mol. The van der Waals surface area contributed by atoms with Crippen LogP contribution in [0.1, 0.15) is 25.3 Å². The molecule has 0 aliphatic carbocycles. The van der Waals surface area contributed by atoms with Gasteiger partial charge in [0.1, 0.15) is 0 Å². The first kappa shape index (κ1) is 14.5. The first-order valence-corrected chi connectivity index (χ1v) is 6.46.